The fourth-order valence-corrected chi connectivity index (χ4v) is 2.93. The van der Waals surface area contributed by atoms with Crippen molar-refractivity contribution in [2.24, 2.45) is 0 Å². The van der Waals surface area contributed by atoms with Gasteiger partial charge in [-0.1, -0.05) is 0 Å². The third kappa shape index (κ3) is 3.63. The number of hydrogen-bond acceptors (Lipinski definition) is 4. The quantitative estimate of drug-likeness (QED) is 0.685. The molecule has 0 aliphatic carbocycles. The second-order valence-electron chi connectivity index (χ2n) is 3.43. The average molecular weight is 221 g/mol. The number of rotatable bonds is 3. The lowest BCUT2D eigenvalue weighted by atomic mass is 10.1. The highest BCUT2D eigenvalue weighted by molar-refractivity contribution is 7.91. The number of carbonyl (C=O) groups is 1. The zero-order valence-corrected chi connectivity index (χ0v) is 8.97. The van der Waals surface area contributed by atoms with Crippen LogP contribution in [0.25, 0.3) is 0 Å². The van der Waals surface area contributed by atoms with E-state index in [2.05, 4.69) is 10.1 Å². The molecule has 1 aliphatic heterocycles. The van der Waals surface area contributed by atoms with E-state index in [1.54, 1.807) is 0 Å². The molecule has 0 aromatic carbocycles. The number of ether oxygens (including phenoxy) is 1. The SMILES string of the molecule is COCC(=O)NC1CCS(=O)(=O)CC1. The van der Waals surface area contributed by atoms with Crippen molar-refractivity contribution < 1.29 is 17.9 Å². The van der Waals surface area contributed by atoms with Gasteiger partial charge in [0.2, 0.25) is 5.91 Å². The molecule has 0 aromatic heterocycles. The molecule has 1 aliphatic rings. The maximum Gasteiger partial charge on any atom is 0.246 e. The Morgan fingerprint density at radius 2 is 2.00 bits per heavy atom. The van der Waals surface area contributed by atoms with E-state index in [0.717, 1.165) is 0 Å². The fraction of sp³-hybridized carbons (Fsp3) is 0.875. The maximum absolute atomic E-state index is 11.1. The Bertz CT molecular complexity index is 284. The third-order valence-corrected chi connectivity index (χ3v) is 3.91. The van der Waals surface area contributed by atoms with E-state index in [4.69, 9.17) is 0 Å². The summed E-state index contributed by atoms with van der Waals surface area (Å²) in [5.74, 6) is 0.160. The molecule has 82 valence electrons. The molecule has 1 saturated heterocycles. The van der Waals surface area contributed by atoms with Crippen LogP contribution in [0.5, 0.6) is 0 Å². The summed E-state index contributed by atoms with van der Waals surface area (Å²) in [4.78, 5) is 11.1. The smallest absolute Gasteiger partial charge is 0.246 e. The first kappa shape index (κ1) is 11.5. The van der Waals surface area contributed by atoms with Crippen LogP contribution in [0.4, 0.5) is 0 Å². The average Bonchev–Trinajstić information content (AvgIpc) is 2.09. The molecule has 0 radical (unpaired) electrons. The Morgan fingerprint density at radius 1 is 1.43 bits per heavy atom. The van der Waals surface area contributed by atoms with Gasteiger partial charge in [-0.15, -0.1) is 0 Å². The normalized spacial score (nSPS) is 21.8. The topological polar surface area (TPSA) is 72.5 Å². The van der Waals surface area contributed by atoms with Crippen LogP contribution >= 0.6 is 0 Å². The van der Waals surface area contributed by atoms with Gasteiger partial charge in [-0.05, 0) is 12.8 Å². The van der Waals surface area contributed by atoms with Gasteiger partial charge in [0.25, 0.3) is 0 Å². The molecule has 1 N–H and O–H groups in total. The highest BCUT2D eigenvalue weighted by atomic mass is 32.2. The molecule has 1 amide bonds. The molecular weight excluding hydrogens is 206 g/mol. The minimum Gasteiger partial charge on any atom is -0.375 e. The number of nitrogens with one attached hydrogen (secondary N) is 1. The predicted molar refractivity (Wildman–Crippen MR) is 51.7 cm³/mol. The molecule has 5 nitrogen and oxygen atoms in total. The van der Waals surface area contributed by atoms with E-state index >= 15 is 0 Å². The van der Waals surface area contributed by atoms with Crippen molar-refractivity contribution in [3.05, 3.63) is 0 Å². The summed E-state index contributed by atoms with van der Waals surface area (Å²) in [5, 5.41) is 2.73. The van der Waals surface area contributed by atoms with E-state index in [1.807, 2.05) is 0 Å². The zero-order valence-electron chi connectivity index (χ0n) is 8.15. The van der Waals surface area contributed by atoms with E-state index < -0.39 is 9.84 Å². The van der Waals surface area contributed by atoms with Gasteiger partial charge in [-0.2, -0.15) is 0 Å². The first-order valence-electron chi connectivity index (χ1n) is 4.52. The number of methoxy groups -OCH3 is 1. The summed E-state index contributed by atoms with van der Waals surface area (Å²) < 4.78 is 26.8. The predicted octanol–water partition coefficient (Wildman–Crippen LogP) is -0.674. The standard InChI is InChI=1S/C8H15NO4S/c1-13-6-8(10)9-7-2-4-14(11,12)5-3-7/h7H,2-6H2,1H3,(H,9,10). The Labute approximate surface area is 83.7 Å². The second kappa shape index (κ2) is 4.75. The van der Waals surface area contributed by atoms with Gasteiger partial charge in [-0.25, -0.2) is 8.42 Å². The van der Waals surface area contributed by atoms with Crippen LogP contribution in [0, 0.1) is 0 Å². The number of amides is 1. The molecule has 0 bridgehead atoms. The van der Waals surface area contributed by atoms with E-state index in [9.17, 15) is 13.2 Å². The molecule has 0 aromatic rings. The van der Waals surface area contributed by atoms with Crippen molar-refractivity contribution in [3.8, 4) is 0 Å². The fourth-order valence-electron chi connectivity index (χ4n) is 1.43. The van der Waals surface area contributed by atoms with E-state index in [0.29, 0.717) is 12.8 Å². The Kier molecular flexibility index (Phi) is 3.88. The van der Waals surface area contributed by atoms with Crippen LogP contribution < -0.4 is 5.32 Å². The van der Waals surface area contributed by atoms with Gasteiger partial charge in [-0.3, -0.25) is 4.79 Å². The van der Waals surface area contributed by atoms with Crippen LogP contribution in [0.15, 0.2) is 0 Å². The van der Waals surface area contributed by atoms with Crippen molar-refractivity contribution in [2.75, 3.05) is 25.2 Å². The lowest BCUT2D eigenvalue weighted by Gasteiger charge is -2.22. The molecule has 1 rings (SSSR count). The molecule has 0 atom stereocenters. The summed E-state index contributed by atoms with van der Waals surface area (Å²) in [5.41, 5.74) is 0. The number of hydrogen-bond donors (Lipinski definition) is 1. The summed E-state index contributed by atoms with van der Waals surface area (Å²) in [6.45, 7) is 0.0310. The van der Waals surface area contributed by atoms with Gasteiger partial charge >= 0.3 is 0 Å². The Balaban J connectivity index is 2.32. The van der Waals surface area contributed by atoms with Crippen molar-refractivity contribution in [2.45, 2.75) is 18.9 Å². The van der Waals surface area contributed by atoms with E-state index in [-0.39, 0.29) is 30.1 Å². The monoisotopic (exact) mass is 221 g/mol. The highest BCUT2D eigenvalue weighted by Crippen LogP contribution is 2.11. The van der Waals surface area contributed by atoms with Crippen LogP contribution in [0.2, 0.25) is 0 Å². The van der Waals surface area contributed by atoms with Gasteiger partial charge in [0, 0.05) is 13.2 Å². The molecule has 1 fully saturated rings. The lowest BCUT2D eigenvalue weighted by Crippen LogP contribution is -2.42. The third-order valence-electron chi connectivity index (χ3n) is 2.20. The van der Waals surface area contributed by atoms with Gasteiger partial charge < -0.3 is 10.1 Å². The van der Waals surface area contributed by atoms with Gasteiger partial charge in [0.1, 0.15) is 16.4 Å². The zero-order chi connectivity index (χ0) is 10.6. The summed E-state index contributed by atoms with van der Waals surface area (Å²) in [7, 11) is -1.40. The summed E-state index contributed by atoms with van der Waals surface area (Å²) in [6.07, 6.45) is 1.02. The Hall–Kier alpha value is -0.620. The minimum absolute atomic E-state index is 0.0128. The lowest BCUT2D eigenvalue weighted by molar-refractivity contribution is -0.125. The summed E-state index contributed by atoms with van der Waals surface area (Å²) in [6, 6.07) is -0.0128. The molecule has 1 heterocycles. The van der Waals surface area contributed by atoms with Crippen LogP contribution in [-0.4, -0.2) is 45.6 Å². The maximum atomic E-state index is 11.1. The van der Waals surface area contributed by atoms with Crippen molar-refractivity contribution in [1.29, 1.82) is 0 Å². The molecule has 6 heteroatoms. The van der Waals surface area contributed by atoms with Crippen LogP contribution in [-0.2, 0) is 19.4 Å². The molecule has 0 spiro atoms. The number of sulfone groups is 1. The van der Waals surface area contributed by atoms with E-state index in [1.165, 1.54) is 7.11 Å². The highest BCUT2D eigenvalue weighted by Gasteiger charge is 2.24. The first-order chi connectivity index (χ1) is 6.53. The molecular formula is C8H15NO4S. The van der Waals surface area contributed by atoms with Crippen molar-refractivity contribution in [3.63, 3.8) is 0 Å². The largest absolute Gasteiger partial charge is 0.375 e. The second-order valence-corrected chi connectivity index (χ2v) is 5.73. The minimum atomic E-state index is -2.85. The number of carbonyl (C=O) groups excluding carboxylic acids is 1. The van der Waals surface area contributed by atoms with Crippen molar-refractivity contribution in [1.82, 2.24) is 5.32 Å². The molecule has 14 heavy (non-hydrogen) atoms. The van der Waals surface area contributed by atoms with Gasteiger partial charge in [0.15, 0.2) is 0 Å². The van der Waals surface area contributed by atoms with Crippen molar-refractivity contribution >= 4 is 15.7 Å². The first-order valence-corrected chi connectivity index (χ1v) is 6.34. The molecule has 0 saturated carbocycles. The molecule has 0 unspecified atom stereocenters. The Morgan fingerprint density at radius 3 is 2.50 bits per heavy atom. The van der Waals surface area contributed by atoms with Crippen LogP contribution in [0.3, 0.4) is 0 Å². The van der Waals surface area contributed by atoms with Gasteiger partial charge in [0.05, 0.1) is 11.5 Å². The summed E-state index contributed by atoms with van der Waals surface area (Å²) >= 11 is 0. The van der Waals surface area contributed by atoms with Crippen LogP contribution in [0.1, 0.15) is 12.8 Å².